The summed E-state index contributed by atoms with van der Waals surface area (Å²) in [4.78, 5) is 2.69. The average molecular weight is 268 g/mol. The lowest BCUT2D eigenvalue weighted by molar-refractivity contribution is 0.105. The molecule has 0 aliphatic carbocycles. The Labute approximate surface area is 121 Å². The summed E-state index contributed by atoms with van der Waals surface area (Å²) in [7, 11) is 0. The zero-order chi connectivity index (χ0) is 14.3. The molecule has 0 aromatic rings. The predicted octanol–water partition coefficient (Wildman–Crippen LogP) is 3.91. The van der Waals surface area contributed by atoms with Crippen LogP contribution in [0.25, 0.3) is 0 Å². The molecule has 0 bridgehead atoms. The van der Waals surface area contributed by atoms with Gasteiger partial charge in [0.25, 0.3) is 0 Å². The minimum atomic E-state index is 0.368. The van der Waals surface area contributed by atoms with Gasteiger partial charge in [0.15, 0.2) is 0 Å². The van der Waals surface area contributed by atoms with Crippen molar-refractivity contribution in [2.75, 3.05) is 26.2 Å². The van der Waals surface area contributed by atoms with Gasteiger partial charge < -0.3 is 10.2 Å². The van der Waals surface area contributed by atoms with Crippen LogP contribution in [-0.4, -0.2) is 37.1 Å². The van der Waals surface area contributed by atoms with Crippen LogP contribution in [0.2, 0.25) is 0 Å². The van der Waals surface area contributed by atoms with Gasteiger partial charge in [-0.2, -0.15) is 0 Å². The predicted molar refractivity (Wildman–Crippen MR) is 85.6 cm³/mol. The molecule has 0 radical (unpaired) electrons. The van der Waals surface area contributed by atoms with E-state index in [4.69, 9.17) is 0 Å². The standard InChI is InChI=1S/C17H36N2/c1-6-8-16-9-12-19(13-10-16)14-17(4,5)15(3)18-11-7-2/h15-16,18H,6-14H2,1-5H3. The first-order valence-electron chi connectivity index (χ1n) is 8.45. The Balaban J connectivity index is 2.33. The number of nitrogens with zero attached hydrogens (tertiary/aromatic N) is 1. The molecular formula is C17H36N2. The van der Waals surface area contributed by atoms with Crippen LogP contribution in [0.4, 0.5) is 0 Å². The van der Waals surface area contributed by atoms with Crippen molar-refractivity contribution in [1.82, 2.24) is 10.2 Å². The van der Waals surface area contributed by atoms with Crippen LogP contribution in [0.5, 0.6) is 0 Å². The lowest BCUT2D eigenvalue weighted by Crippen LogP contribution is -2.48. The van der Waals surface area contributed by atoms with Crippen LogP contribution in [-0.2, 0) is 0 Å². The summed E-state index contributed by atoms with van der Waals surface area (Å²) in [5.41, 5.74) is 0.368. The van der Waals surface area contributed by atoms with Crippen molar-refractivity contribution in [3.05, 3.63) is 0 Å². The number of likely N-dealkylation sites (tertiary alicyclic amines) is 1. The fourth-order valence-electron chi connectivity index (χ4n) is 3.19. The SMILES string of the molecule is CCCNC(C)C(C)(C)CN1CCC(CCC)CC1. The van der Waals surface area contributed by atoms with E-state index in [0.29, 0.717) is 11.5 Å². The number of hydrogen-bond acceptors (Lipinski definition) is 2. The molecule has 0 amide bonds. The maximum atomic E-state index is 3.66. The van der Waals surface area contributed by atoms with E-state index in [1.54, 1.807) is 0 Å². The van der Waals surface area contributed by atoms with Crippen molar-refractivity contribution in [2.45, 2.75) is 72.8 Å². The van der Waals surface area contributed by atoms with Gasteiger partial charge in [-0.05, 0) is 57.2 Å². The third kappa shape index (κ3) is 5.83. The second kappa shape index (κ2) is 8.26. The lowest BCUT2D eigenvalue weighted by Gasteiger charge is -2.40. The van der Waals surface area contributed by atoms with E-state index in [0.717, 1.165) is 12.5 Å². The molecule has 19 heavy (non-hydrogen) atoms. The molecule has 1 atom stereocenters. The first-order chi connectivity index (χ1) is 8.99. The molecule has 1 unspecified atom stereocenters. The molecule has 114 valence electrons. The normalized spacial score (nSPS) is 20.7. The monoisotopic (exact) mass is 268 g/mol. The summed E-state index contributed by atoms with van der Waals surface area (Å²) in [6.45, 7) is 16.7. The highest BCUT2D eigenvalue weighted by molar-refractivity contribution is 4.85. The highest BCUT2D eigenvalue weighted by Crippen LogP contribution is 2.27. The van der Waals surface area contributed by atoms with E-state index in [1.165, 1.54) is 51.7 Å². The first kappa shape index (κ1) is 17.0. The van der Waals surface area contributed by atoms with Gasteiger partial charge in [0.1, 0.15) is 0 Å². The van der Waals surface area contributed by atoms with E-state index in [2.05, 4.69) is 44.8 Å². The van der Waals surface area contributed by atoms with Crippen molar-refractivity contribution in [1.29, 1.82) is 0 Å². The molecule has 1 N–H and O–H groups in total. The van der Waals surface area contributed by atoms with Gasteiger partial charge in [-0.1, -0.05) is 40.5 Å². The maximum Gasteiger partial charge on any atom is 0.0102 e. The Kier molecular flexibility index (Phi) is 7.38. The van der Waals surface area contributed by atoms with Crippen molar-refractivity contribution in [3.63, 3.8) is 0 Å². The summed E-state index contributed by atoms with van der Waals surface area (Å²) in [6.07, 6.45) is 6.85. The molecule has 2 nitrogen and oxygen atoms in total. The van der Waals surface area contributed by atoms with Gasteiger partial charge in [-0.25, -0.2) is 0 Å². The molecule has 1 fully saturated rings. The minimum Gasteiger partial charge on any atom is -0.314 e. The molecular weight excluding hydrogens is 232 g/mol. The molecule has 0 aromatic heterocycles. The summed E-state index contributed by atoms with van der Waals surface area (Å²) < 4.78 is 0. The molecule has 1 heterocycles. The average Bonchev–Trinajstić information content (AvgIpc) is 2.38. The summed E-state index contributed by atoms with van der Waals surface area (Å²) in [5, 5.41) is 3.66. The third-order valence-electron chi connectivity index (χ3n) is 4.91. The second-order valence-electron chi connectivity index (χ2n) is 7.17. The fraction of sp³-hybridized carbons (Fsp3) is 1.00. The van der Waals surface area contributed by atoms with E-state index < -0.39 is 0 Å². The van der Waals surface area contributed by atoms with E-state index >= 15 is 0 Å². The smallest absolute Gasteiger partial charge is 0.0102 e. The Bertz CT molecular complexity index is 229. The highest BCUT2D eigenvalue weighted by Gasteiger charge is 2.29. The third-order valence-corrected chi connectivity index (χ3v) is 4.91. The fourth-order valence-corrected chi connectivity index (χ4v) is 3.19. The number of nitrogens with one attached hydrogen (secondary N) is 1. The molecule has 0 aromatic carbocycles. The van der Waals surface area contributed by atoms with Gasteiger partial charge in [0.05, 0.1) is 0 Å². The Hall–Kier alpha value is -0.0800. The molecule has 0 spiro atoms. The Morgan fingerprint density at radius 2 is 1.79 bits per heavy atom. The van der Waals surface area contributed by atoms with Crippen LogP contribution >= 0.6 is 0 Å². The zero-order valence-corrected chi connectivity index (χ0v) is 14.0. The van der Waals surface area contributed by atoms with Gasteiger partial charge >= 0.3 is 0 Å². The summed E-state index contributed by atoms with van der Waals surface area (Å²) in [5.74, 6) is 1.00. The molecule has 0 saturated carbocycles. The molecule has 1 saturated heterocycles. The van der Waals surface area contributed by atoms with E-state index in [1.807, 2.05) is 0 Å². The zero-order valence-electron chi connectivity index (χ0n) is 14.0. The van der Waals surface area contributed by atoms with E-state index in [9.17, 15) is 0 Å². The molecule has 1 aliphatic rings. The van der Waals surface area contributed by atoms with Crippen LogP contribution < -0.4 is 5.32 Å². The topological polar surface area (TPSA) is 15.3 Å². The van der Waals surface area contributed by atoms with Crippen molar-refractivity contribution >= 4 is 0 Å². The van der Waals surface area contributed by atoms with Gasteiger partial charge in [-0.3, -0.25) is 0 Å². The quantitative estimate of drug-likeness (QED) is 0.718. The Morgan fingerprint density at radius 1 is 1.16 bits per heavy atom. The number of piperidine rings is 1. The lowest BCUT2D eigenvalue weighted by atomic mass is 9.83. The molecule has 2 heteroatoms. The van der Waals surface area contributed by atoms with Crippen LogP contribution in [0.3, 0.4) is 0 Å². The van der Waals surface area contributed by atoms with Crippen LogP contribution in [0.1, 0.15) is 66.7 Å². The van der Waals surface area contributed by atoms with Gasteiger partial charge in [0.2, 0.25) is 0 Å². The summed E-state index contributed by atoms with van der Waals surface area (Å²) in [6, 6.07) is 0.598. The van der Waals surface area contributed by atoms with E-state index in [-0.39, 0.29) is 0 Å². The van der Waals surface area contributed by atoms with Crippen molar-refractivity contribution in [2.24, 2.45) is 11.3 Å². The highest BCUT2D eigenvalue weighted by atomic mass is 15.1. The van der Waals surface area contributed by atoms with Crippen LogP contribution in [0.15, 0.2) is 0 Å². The first-order valence-corrected chi connectivity index (χ1v) is 8.45. The second-order valence-corrected chi connectivity index (χ2v) is 7.17. The van der Waals surface area contributed by atoms with Crippen molar-refractivity contribution in [3.8, 4) is 0 Å². The summed E-state index contributed by atoms with van der Waals surface area (Å²) >= 11 is 0. The minimum absolute atomic E-state index is 0.368. The van der Waals surface area contributed by atoms with Crippen molar-refractivity contribution < 1.29 is 0 Å². The Morgan fingerprint density at radius 3 is 2.32 bits per heavy atom. The maximum absolute atomic E-state index is 3.66. The largest absolute Gasteiger partial charge is 0.314 e. The molecule has 1 rings (SSSR count). The number of hydrogen-bond donors (Lipinski definition) is 1. The number of rotatable bonds is 8. The van der Waals surface area contributed by atoms with Gasteiger partial charge in [0, 0.05) is 12.6 Å². The van der Waals surface area contributed by atoms with Gasteiger partial charge in [-0.15, -0.1) is 0 Å². The van der Waals surface area contributed by atoms with Crippen LogP contribution in [0, 0.1) is 11.3 Å². The molecule has 1 aliphatic heterocycles.